The fourth-order valence-electron chi connectivity index (χ4n) is 7.06. The van der Waals surface area contributed by atoms with E-state index < -0.39 is 20.0 Å². The molecule has 0 fully saturated rings. The van der Waals surface area contributed by atoms with Crippen molar-refractivity contribution < 1.29 is 37.3 Å². The number of hydrogen-bond acceptors (Lipinski definition) is 6. The Labute approximate surface area is 418 Å². The van der Waals surface area contributed by atoms with Crippen molar-refractivity contribution in [1.82, 2.24) is 5.32 Å². The molecule has 0 aliphatic rings. The first-order chi connectivity index (χ1) is 32.9. The summed E-state index contributed by atoms with van der Waals surface area (Å²) in [5, 5.41) is 3.00. The summed E-state index contributed by atoms with van der Waals surface area (Å²) in [4.78, 5) is 37.4. The van der Waals surface area contributed by atoms with E-state index in [0.717, 1.165) is 89.9 Å². The summed E-state index contributed by atoms with van der Waals surface area (Å²) in [5.41, 5.74) is 0. The molecule has 0 bridgehead atoms. The van der Waals surface area contributed by atoms with E-state index >= 15 is 0 Å². The Morgan fingerprint density at radius 2 is 0.956 bits per heavy atom. The summed E-state index contributed by atoms with van der Waals surface area (Å²) in [7, 11) is 1.43. The molecule has 0 spiro atoms. The van der Waals surface area contributed by atoms with Gasteiger partial charge in [0.2, 0.25) is 5.91 Å². The van der Waals surface area contributed by atoms with Gasteiger partial charge in [-0.3, -0.25) is 18.6 Å². The van der Waals surface area contributed by atoms with Crippen molar-refractivity contribution in [2.75, 3.05) is 40.9 Å². The van der Waals surface area contributed by atoms with E-state index in [4.69, 9.17) is 13.8 Å². The van der Waals surface area contributed by atoms with Gasteiger partial charge in [-0.25, -0.2) is 4.57 Å². The predicted octanol–water partition coefficient (Wildman–Crippen LogP) is 16.0. The zero-order chi connectivity index (χ0) is 50.1. The molecule has 0 aliphatic heterocycles. The van der Waals surface area contributed by atoms with Crippen molar-refractivity contribution in [3.8, 4) is 0 Å². The van der Waals surface area contributed by atoms with Gasteiger partial charge in [-0.15, -0.1) is 0 Å². The summed E-state index contributed by atoms with van der Waals surface area (Å²) < 4.78 is 30.5. The van der Waals surface area contributed by atoms with Gasteiger partial charge >= 0.3 is 13.8 Å². The van der Waals surface area contributed by atoms with Crippen LogP contribution in [0, 0.1) is 0 Å². The minimum absolute atomic E-state index is 0.0215. The van der Waals surface area contributed by atoms with E-state index in [2.05, 4.69) is 111 Å². The zero-order valence-electron chi connectivity index (χ0n) is 44.3. The molecule has 0 heterocycles. The molecule has 0 aliphatic carbocycles. The normalized spacial score (nSPS) is 14.6. The van der Waals surface area contributed by atoms with Crippen molar-refractivity contribution in [2.24, 2.45) is 0 Å². The molecular weight excluding hydrogens is 868 g/mol. The number of phosphoric ester groups is 1. The summed E-state index contributed by atoms with van der Waals surface area (Å²) in [6.45, 7) is 6.77. The van der Waals surface area contributed by atoms with Gasteiger partial charge in [0.05, 0.1) is 33.8 Å². The van der Waals surface area contributed by atoms with Gasteiger partial charge in [0, 0.05) is 12.8 Å². The average molecular weight is 970 g/mol. The second-order valence-electron chi connectivity index (χ2n) is 19.0. The minimum Gasteiger partial charge on any atom is -0.456 e. The molecule has 10 heteroatoms. The van der Waals surface area contributed by atoms with Crippen LogP contribution in [0.4, 0.5) is 0 Å². The second-order valence-corrected chi connectivity index (χ2v) is 20.5. The SMILES string of the molecule is CC/C=C/C/C=C/C/C=C/CCCCCCC(=O)OC(/C=C/CCCCCCCCCCC)C(COP(=O)(O)OCC[N+](C)(C)C)NC(=O)CCC/C=C\C/C=C\C/C=C\C/C=C\CCCCC. The lowest BCUT2D eigenvalue weighted by Crippen LogP contribution is -2.47. The molecular formula is C58H102N2O7P+. The summed E-state index contributed by atoms with van der Waals surface area (Å²) >= 11 is 0. The summed E-state index contributed by atoms with van der Waals surface area (Å²) in [6, 6.07) is -0.890. The van der Waals surface area contributed by atoms with Crippen LogP contribution in [-0.4, -0.2) is 74.3 Å². The summed E-state index contributed by atoms with van der Waals surface area (Å²) in [5.74, 6) is -0.606. The van der Waals surface area contributed by atoms with Crippen LogP contribution in [0.15, 0.2) is 97.2 Å². The number of hydrogen-bond donors (Lipinski definition) is 2. The third-order valence-corrected chi connectivity index (χ3v) is 12.2. The maximum Gasteiger partial charge on any atom is 0.472 e. The molecule has 0 aromatic rings. The smallest absolute Gasteiger partial charge is 0.456 e. The molecule has 2 N–H and O–H groups in total. The number of carbonyl (C=O) groups is 2. The maximum atomic E-state index is 13.4. The van der Waals surface area contributed by atoms with Crippen LogP contribution in [-0.2, 0) is 27.9 Å². The molecule has 0 rings (SSSR count). The third kappa shape index (κ3) is 48.0. The predicted molar refractivity (Wildman–Crippen MR) is 290 cm³/mol. The van der Waals surface area contributed by atoms with Crippen LogP contribution in [0.1, 0.15) is 207 Å². The average Bonchev–Trinajstić information content (AvgIpc) is 3.29. The second kappa shape index (κ2) is 47.6. The van der Waals surface area contributed by atoms with Crippen LogP contribution in [0.3, 0.4) is 0 Å². The van der Waals surface area contributed by atoms with E-state index in [0.29, 0.717) is 23.9 Å². The fourth-order valence-corrected chi connectivity index (χ4v) is 7.80. The quantitative estimate of drug-likeness (QED) is 0.0205. The van der Waals surface area contributed by atoms with Gasteiger partial charge in [-0.2, -0.15) is 0 Å². The Morgan fingerprint density at radius 3 is 1.47 bits per heavy atom. The molecule has 0 aromatic carbocycles. The first-order valence-electron chi connectivity index (χ1n) is 27.1. The number of quaternary nitrogens is 1. The van der Waals surface area contributed by atoms with E-state index in [1.807, 2.05) is 33.3 Å². The number of carbonyl (C=O) groups excluding carboxylic acids is 2. The van der Waals surface area contributed by atoms with Gasteiger partial charge in [-0.05, 0) is 102 Å². The molecule has 1 amide bonds. The van der Waals surface area contributed by atoms with Crippen LogP contribution in [0.5, 0.6) is 0 Å². The molecule has 68 heavy (non-hydrogen) atoms. The molecule has 0 saturated carbocycles. The summed E-state index contributed by atoms with van der Waals surface area (Å²) in [6.07, 6.45) is 62.7. The first-order valence-corrected chi connectivity index (χ1v) is 28.6. The van der Waals surface area contributed by atoms with Gasteiger partial charge in [-0.1, -0.05) is 189 Å². The van der Waals surface area contributed by atoms with Gasteiger partial charge in [0.1, 0.15) is 19.3 Å². The highest BCUT2D eigenvalue weighted by molar-refractivity contribution is 7.47. The lowest BCUT2D eigenvalue weighted by Gasteiger charge is -2.27. The number of phosphoric acid groups is 1. The Hall–Kier alpha value is -3.07. The monoisotopic (exact) mass is 970 g/mol. The molecule has 0 radical (unpaired) electrons. The van der Waals surface area contributed by atoms with Crippen molar-refractivity contribution in [3.05, 3.63) is 97.2 Å². The lowest BCUT2D eigenvalue weighted by molar-refractivity contribution is -0.870. The number of likely N-dealkylation sites (N-methyl/N-ethyl adjacent to an activating group) is 1. The molecule has 0 saturated heterocycles. The highest BCUT2D eigenvalue weighted by atomic mass is 31.2. The highest BCUT2D eigenvalue weighted by Crippen LogP contribution is 2.43. The Kier molecular flexibility index (Phi) is 45.5. The van der Waals surface area contributed by atoms with E-state index in [1.54, 1.807) is 0 Å². The van der Waals surface area contributed by atoms with E-state index in [9.17, 15) is 19.0 Å². The largest absolute Gasteiger partial charge is 0.472 e. The molecule has 3 atom stereocenters. The van der Waals surface area contributed by atoms with Gasteiger partial charge in [0.25, 0.3) is 0 Å². The Bertz CT molecular complexity index is 1490. The number of nitrogens with zero attached hydrogens (tertiary/aromatic N) is 1. The molecule has 3 unspecified atom stereocenters. The molecule has 9 nitrogen and oxygen atoms in total. The van der Waals surface area contributed by atoms with Crippen molar-refractivity contribution in [1.29, 1.82) is 0 Å². The lowest BCUT2D eigenvalue weighted by atomic mass is 10.1. The van der Waals surface area contributed by atoms with Crippen LogP contribution in [0.2, 0.25) is 0 Å². The number of ether oxygens (including phenoxy) is 1. The van der Waals surface area contributed by atoms with Crippen LogP contribution < -0.4 is 5.32 Å². The number of esters is 1. The fraction of sp³-hybridized carbons (Fsp3) is 0.690. The first kappa shape index (κ1) is 64.9. The van der Waals surface area contributed by atoms with Crippen molar-refractivity contribution >= 4 is 19.7 Å². The highest BCUT2D eigenvalue weighted by Gasteiger charge is 2.30. The number of amides is 1. The maximum absolute atomic E-state index is 13.4. The number of unbranched alkanes of at least 4 members (excludes halogenated alkanes) is 17. The van der Waals surface area contributed by atoms with Gasteiger partial charge in [0.15, 0.2) is 0 Å². The number of nitrogens with one attached hydrogen (secondary N) is 1. The van der Waals surface area contributed by atoms with Gasteiger partial charge < -0.3 is 19.4 Å². The van der Waals surface area contributed by atoms with E-state index in [-0.39, 0.29) is 37.9 Å². The zero-order valence-corrected chi connectivity index (χ0v) is 45.2. The molecule has 390 valence electrons. The Morgan fingerprint density at radius 1 is 0.529 bits per heavy atom. The van der Waals surface area contributed by atoms with Crippen LogP contribution >= 0.6 is 7.82 Å². The molecule has 0 aromatic heterocycles. The standard InChI is InChI=1S/C58H101N2O7P/c1-7-10-13-16-19-22-25-27-29-30-31-32-35-38-41-44-47-50-57(61)59-55(54-66-68(63,64)65-53-52-60(4,5)6)56(49-46-43-40-37-34-24-21-18-15-12-9-3)67-58(62)51-48-45-42-39-36-33-28-26-23-20-17-14-11-8-2/h11,14,19-20,22-23,27-29,31-33,38,41,46,49,55-56H,7-10,12-13,15-18,21,24-26,30,34-37,39-40,42-45,47-48,50-54H2,1-6H3,(H-,59,61,63,64)/p+1/b14-11+,22-19-,23-20+,29-27-,32-31-,33-28+,41-38-,49-46+. The van der Waals surface area contributed by atoms with Crippen molar-refractivity contribution in [2.45, 2.75) is 219 Å². The number of rotatable bonds is 47. The third-order valence-electron chi connectivity index (χ3n) is 11.3. The van der Waals surface area contributed by atoms with Crippen molar-refractivity contribution in [3.63, 3.8) is 0 Å². The number of allylic oxidation sites excluding steroid dienone is 15. The topological polar surface area (TPSA) is 111 Å². The van der Waals surface area contributed by atoms with Crippen LogP contribution in [0.25, 0.3) is 0 Å². The van der Waals surface area contributed by atoms with E-state index in [1.165, 1.54) is 70.6 Å². The Balaban J connectivity index is 5.51. The minimum atomic E-state index is -4.46.